The summed E-state index contributed by atoms with van der Waals surface area (Å²) in [6.07, 6.45) is 7.21. The van der Waals surface area contributed by atoms with Crippen LogP contribution in [0.25, 0.3) is 10.9 Å². The lowest BCUT2D eigenvalue weighted by Crippen LogP contribution is -2.29. The molecule has 0 radical (unpaired) electrons. The van der Waals surface area contributed by atoms with Crippen molar-refractivity contribution in [1.29, 1.82) is 0 Å². The van der Waals surface area contributed by atoms with Crippen LogP contribution in [-0.4, -0.2) is 29.8 Å². The number of allylic oxidation sites excluding steroid dienone is 2. The average molecular weight is 437 g/mol. The van der Waals surface area contributed by atoms with E-state index in [0.717, 1.165) is 29.0 Å². The van der Waals surface area contributed by atoms with Crippen molar-refractivity contribution in [1.82, 2.24) is 3.97 Å². The maximum Gasteiger partial charge on any atom is 0.268 e. The van der Waals surface area contributed by atoms with Crippen molar-refractivity contribution in [2.75, 3.05) is 11.9 Å². The van der Waals surface area contributed by atoms with E-state index in [-0.39, 0.29) is 16.4 Å². The van der Waals surface area contributed by atoms with Gasteiger partial charge in [0.25, 0.3) is 10.0 Å². The zero-order valence-corrected chi connectivity index (χ0v) is 18.0. The Hall–Kier alpha value is -3.16. The fraction of sp³-hybridized carbons (Fsp3) is 0.208. The Labute approximate surface area is 181 Å². The highest BCUT2D eigenvalue weighted by Gasteiger charge is 2.34. The van der Waals surface area contributed by atoms with Gasteiger partial charge in [0.1, 0.15) is 5.60 Å². The first-order valence-corrected chi connectivity index (χ1v) is 11.6. The molecule has 0 unspecified atom stereocenters. The molecule has 0 amide bonds. The molecule has 0 aliphatic heterocycles. The third-order valence-corrected chi connectivity index (χ3v) is 7.07. The number of anilines is 1. The van der Waals surface area contributed by atoms with Gasteiger partial charge in [-0.1, -0.05) is 31.5 Å². The maximum absolute atomic E-state index is 13.7. The van der Waals surface area contributed by atoms with Gasteiger partial charge in [0.15, 0.2) is 5.78 Å². The summed E-state index contributed by atoms with van der Waals surface area (Å²) in [5.74, 6) is -0.263. The number of fused-ring (bicyclic) bond motifs is 1. The largest absolute Gasteiger partial charge is 0.385 e. The Morgan fingerprint density at radius 2 is 1.71 bits per heavy atom. The van der Waals surface area contributed by atoms with Gasteiger partial charge in [-0.3, -0.25) is 4.79 Å². The fourth-order valence-electron chi connectivity index (χ4n) is 3.63. The molecule has 4 rings (SSSR count). The first-order valence-electron chi connectivity index (χ1n) is 10.2. The van der Waals surface area contributed by atoms with Gasteiger partial charge in [-0.05, 0) is 67.1 Å². The summed E-state index contributed by atoms with van der Waals surface area (Å²) in [5.41, 5.74) is -0.268. The molecule has 1 heterocycles. The minimum atomic E-state index is -4.02. The molecule has 2 aromatic carbocycles. The van der Waals surface area contributed by atoms with E-state index in [2.05, 4.69) is 12.2 Å². The van der Waals surface area contributed by atoms with Gasteiger partial charge in [0.05, 0.1) is 16.1 Å². The van der Waals surface area contributed by atoms with E-state index in [1.807, 2.05) is 0 Å². The minimum Gasteiger partial charge on any atom is -0.385 e. The van der Waals surface area contributed by atoms with Crippen LogP contribution in [-0.2, 0) is 20.4 Å². The molecule has 1 aromatic heterocycles. The number of carbonyl (C=O) groups excluding carboxylic acids is 1. The monoisotopic (exact) mass is 436 g/mol. The molecule has 1 aliphatic carbocycles. The van der Waals surface area contributed by atoms with Crippen LogP contribution in [0.1, 0.15) is 25.5 Å². The molecular formula is C24H24N2O4S. The summed E-state index contributed by atoms with van der Waals surface area (Å²) in [6, 6.07) is 15.3. The van der Waals surface area contributed by atoms with Gasteiger partial charge in [0, 0.05) is 17.6 Å². The van der Waals surface area contributed by atoms with Crippen LogP contribution in [0.4, 0.5) is 5.69 Å². The Kier molecular flexibility index (Phi) is 5.56. The first kappa shape index (κ1) is 21.1. The molecular weight excluding hydrogens is 412 g/mol. The molecule has 7 heteroatoms. The predicted molar refractivity (Wildman–Crippen MR) is 122 cm³/mol. The topological polar surface area (TPSA) is 88.4 Å². The zero-order chi connectivity index (χ0) is 22.1. The summed E-state index contributed by atoms with van der Waals surface area (Å²) in [7, 11) is -4.02. The second-order valence-electron chi connectivity index (χ2n) is 7.56. The Bertz CT molecular complexity index is 1270. The van der Waals surface area contributed by atoms with E-state index < -0.39 is 15.6 Å². The summed E-state index contributed by atoms with van der Waals surface area (Å²) in [5, 5.41) is 15.1. The quantitative estimate of drug-likeness (QED) is 0.547. The number of nitrogens with one attached hydrogen (secondary N) is 1. The van der Waals surface area contributed by atoms with Gasteiger partial charge in [0.2, 0.25) is 0 Å². The van der Waals surface area contributed by atoms with Gasteiger partial charge in [-0.15, -0.1) is 0 Å². The number of hydrogen-bond donors (Lipinski definition) is 2. The smallest absolute Gasteiger partial charge is 0.268 e. The lowest BCUT2D eigenvalue weighted by Gasteiger charge is -2.25. The van der Waals surface area contributed by atoms with Crippen LogP contribution in [0.3, 0.4) is 0 Å². The van der Waals surface area contributed by atoms with Crippen molar-refractivity contribution in [2.24, 2.45) is 0 Å². The van der Waals surface area contributed by atoms with Crippen molar-refractivity contribution >= 4 is 32.4 Å². The van der Waals surface area contributed by atoms with Crippen molar-refractivity contribution in [3.05, 3.63) is 84.6 Å². The number of aliphatic hydroxyl groups is 1. The number of rotatable bonds is 7. The molecule has 0 bridgehead atoms. The van der Waals surface area contributed by atoms with E-state index in [4.69, 9.17) is 0 Å². The predicted octanol–water partition coefficient (Wildman–Crippen LogP) is 3.97. The normalized spacial score (nSPS) is 15.5. The third kappa shape index (κ3) is 3.94. The second kappa shape index (κ2) is 8.17. The third-order valence-electron chi connectivity index (χ3n) is 5.33. The molecule has 2 N–H and O–H groups in total. The minimum absolute atomic E-state index is 0.111. The van der Waals surface area contributed by atoms with Crippen molar-refractivity contribution in [3.63, 3.8) is 0 Å². The summed E-state index contributed by atoms with van der Waals surface area (Å²) >= 11 is 0. The fourth-order valence-corrected chi connectivity index (χ4v) is 5.20. The van der Waals surface area contributed by atoms with Crippen LogP contribution in [0.5, 0.6) is 0 Å². The summed E-state index contributed by atoms with van der Waals surface area (Å²) < 4.78 is 28.5. The molecule has 0 atom stereocenters. The second-order valence-corrected chi connectivity index (χ2v) is 9.34. The SMILES string of the molecule is CCCCNc1ccc(S(=O)(=O)n2c(C3(O)C=CC(=O)C=C3)cc3ccccc32)cc1. The standard InChI is InChI=1S/C24H24N2O4S/c1-2-3-16-25-19-8-10-21(11-9-19)31(29,30)26-22-7-5-4-6-18(22)17-23(26)24(28)14-12-20(27)13-15-24/h4-15,17,25,28H,2-3,16H2,1H3. The number of carbonyl (C=O) groups is 1. The zero-order valence-electron chi connectivity index (χ0n) is 17.2. The van der Waals surface area contributed by atoms with E-state index in [1.54, 1.807) is 54.6 Å². The molecule has 6 nitrogen and oxygen atoms in total. The van der Waals surface area contributed by atoms with Crippen molar-refractivity contribution in [3.8, 4) is 0 Å². The highest BCUT2D eigenvalue weighted by Crippen LogP contribution is 2.35. The van der Waals surface area contributed by atoms with E-state index in [1.165, 1.54) is 24.3 Å². The van der Waals surface area contributed by atoms with Gasteiger partial charge in [-0.25, -0.2) is 12.4 Å². The summed E-state index contributed by atoms with van der Waals surface area (Å²) in [6.45, 7) is 2.93. The highest BCUT2D eigenvalue weighted by atomic mass is 32.2. The lowest BCUT2D eigenvalue weighted by atomic mass is 9.94. The molecule has 1 aliphatic rings. The van der Waals surface area contributed by atoms with Crippen LogP contribution < -0.4 is 5.32 Å². The van der Waals surface area contributed by atoms with Crippen LogP contribution >= 0.6 is 0 Å². The molecule has 160 valence electrons. The number of aromatic nitrogens is 1. The van der Waals surface area contributed by atoms with Crippen molar-refractivity contribution < 1.29 is 18.3 Å². The lowest BCUT2D eigenvalue weighted by molar-refractivity contribution is -0.110. The van der Waals surface area contributed by atoms with E-state index >= 15 is 0 Å². The van der Waals surface area contributed by atoms with E-state index in [9.17, 15) is 18.3 Å². The molecule has 0 spiro atoms. The Balaban J connectivity index is 1.82. The van der Waals surface area contributed by atoms with Gasteiger partial charge >= 0.3 is 0 Å². The van der Waals surface area contributed by atoms with Crippen LogP contribution in [0.15, 0.2) is 83.8 Å². The average Bonchev–Trinajstić information content (AvgIpc) is 3.18. The van der Waals surface area contributed by atoms with Crippen LogP contribution in [0.2, 0.25) is 0 Å². The maximum atomic E-state index is 13.7. The number of unbranched alkanes of at least 4 members (excludes halogenated alkanes) is 1. The number of hydrogen-bond acceptors (Lipinski definition) is 5. The Morgan fingerprint density at radius 1 is 1.03 bits per heavy atom. The molecule has 0 saturated heterocycles. The number of ketones is 1. The number of nitrogens with zero attached hydrogens (tertiary/aromatic N) is 1. The van der Waals surface area contributed by atoms with Crippen LogP contribution in [0, 0.1) is 0 Å². The Morgan fingerprint density at radius 3 is 2.39 bits per heavy atom. The number of para-hydroxylation sites is 1. The number of benzene rings is 2. The van der Waals surface area contributed by atoms with E-state index in [0.29, 0.717) is 10.9 Å². The molecule has 3 aromatic rings. The molecule has 0 fully saturated rings. The van der Waals surface area contributed by atoms with Gasteiger partial charge in [-0.2, -0.15) is 0 Å². The van der Waals surface area contributed by atoms with Crippen molar-refractivity contribution in [2.45, 2.75) is 30.3 Å². The summed E-state index contributed by atoms with van der Waals surface area (Å²) in [4.78, 5) is 11.7. The first-order chi connectivity index (χ1) is 14.8. The molecule has 31 heavy (non-hydrogen) atoms. The van der Waals surface area contributed by atoms with Gasteiger partial charge < -0.3 is 10.4 Å². The highest BCUT2D eigenvalue weighted by molar-refractivity contribution is 7.90. The molecule has 0 saturated carbocycles.